The fourth-order valence-electron chi connectivity index (χ4n) is 3.18. The normalized spacial score (nSPS) is 12.3. The van der Waals surface area contributed by atoms with Gasteiger partial charge in [-0.25, -0.2) is 4.39 Å². The predicted octanol–water partition coefficient (Wildman–Crippen LogP) is 4.07. The number of nitrogens with one attached hydrogen (secondary N) is 1. The van der Waals surface area contributed by atoms with E-state index in [2.05, 4.69) is 51.0 Å². The zero-order valence-corrected chi connectivity index (χ0v) is 17.4. The molecule has 1 N–H and O–H groups in total. The van der Waals surface area contributed by atoms with Gasteiger partial charge in [-0.2, -0.15) is 16.3 Å². The number of thiophene rings is 1. The van der Waals surface area contributed by atoms with E-state index in [-0.39, 0.29) is 24.2 Å². The monoisotopic (exact) mass is 416 g/mol. The lowest BCUT2D eigenvalue weighted by molar-refractivity contribution is -0.121. The molecule has 0 radical (unpaired) electrons. The van der Waals surface area contributed by atoms with Gasteiger partial charge in [-0.1, -0.05) is 19.0 Å². The average Bonchev–Trinajstić information content (AvgIpc) is 3.42. The first-order valence-electron chi connectivity index (χ1n) is 9.72. The molecule has 154 valence electrons. The van der Waals surface area contributed by atoms with Gasteiger partial charge in [0.05, 0.1) is 6.04 Å². The third-order valence-electron chi connectivity index (χ3n) is 4.81. The van der Waals surface area contributed by atoms with E-state index in [0.29, 0.717) is 30.2 Å². The number of hydrogen-bond donors (Lipinski definition) is 1. The van der Waals surface area contributed by atoms with E-state index in [1.807, 2.05) is 0 Å². The Morgan fingerprint density at radius 2 is 2.00 bits per heavy atom. The summed E-state index contributed by atoms with van der Waals surface area (Å²) in [5.41, 5.74) is 1.89. The van der Waals surface area contributed by atoms with Crippen molar-refractivity contribution >= 4 is 17.2 Å². The molecule has 0 bridgehead atoms. The van der Waals surface area contributed by atoms with Crippen LogP contribution in [0.15, 0.2) is 45.6 Å². The fourth-order valence-corrected chi connectivity index (χ4v) is 3.89. The van der Waals surface area contributed by atoms with Gasteiger partial charge in [-0.15, -0.1) is 0 Å². The van der Waals surface area contributed by atoms with Crippen molar-refractivity contribution in [2.75, 3.05) is 19.6 Å². The molecule has 0 spiro atoms. The van der Waals surface area contributed by atoms with E-state index in [0.717, 1.165) is 13.1 Å². The Balaban J connectivity index is 1.52. The maximum Gasteiger partial charge on any atom is 0.227 e. The number of hydrogen-bond acceptors (Lipinski definition) is 6. The largest absolute Gasteiger partial charge is 0.354 e. The number of aromatic nitrogens is 2. The van der Waals surface area contributed by atoms with Gasteiger partial charge in [0.1, 0.15) is 5.82 Å². The Hall–Kier alpha value is -2.58. The smallest absolute Gasteiger partial charge is 0.227 e. The molecular formula is C21H25FN4O2S. The summed E-state index contributed by atoms with van der Waals surface area (Å²) >= 11 is 1.66. The molecule has 3 rings (SSSR count). The molecule has 29 heavy (non-hydrogen) atoms. The molecule has 6 nitrogen and oxygen atoms in total. The first-order valence-corrected chi connectivity index (χ1v) is 10.7. The zero-order valence-electron chi connectivity index (χ0n) is 16.6. The van der Waals surface area contributed by atoms with Gasteiger partial charge in [-0.05, 0) is 59.7 Å². The Bertz CT molecular complexity index is 892. The van der Waals surface area contributed by atoms with Crippen molar-refractivity contribution in [2.45, 2.75) is 32.7 Å². The molecule has 0 saturated heterocycles. The lowest BCUT2D eigenvalue weighted by Crippen LogP contribution is -2.38. The van der Waals surface area contributed by atoms with Crippen molar-refractivity contribution in [1.82, 2.24) is 20.4 Å². The molecule has 0 aliphatic rings. The van der Waals surface area contributed by atoms with Crippen molar-refractivity contribution < 1.29 is 13.7 Å². The quantitative estimate of drug-likeness (QED) is 0.539. The van der Waals surface area contributed by atoms with Crippen LogP contribution in [-0.4, -0.2) is 40.6 Å². The minimum Gasteiger partial charge on any atom is -0.354 e. The van der Waals surface area contributed by atoms with Gasteiger partial charge in [0, 0.05) is 24.9 Å². The predicted molar refractivity (Wildman–Crippen MR) is 111 cm³/mol. The Kier molecular flexibility index (Phi) is 7.48. The molecule has 1 aromatic carbocycles. The van der Waals surface area contributed by atoms with Crippen LogP contribution in [0.1, 0.15) is 37.8 Å². The molecule has 0 saturated carbocycles. The van der Waals surface area contributed by atoms with Crippen LogP contribution in [0.2, 0.25) is 0 Å². The highest BCUT2D eigenvalue weighted by Gasteiger charge is 2.19. The standard InChI is InChI=1S/C21H25FN4O2S/c1-3-26(4-2)18(16-11-12-29-14-16)13-23-19(27)9-10-20-24-21(25-28-20)15-5-7-17(22)8-6-15/h5-8,11-12,14,18H,3-4,9-10,13H2,1-2H3,(H,23,27). The second kappa shape index (κ2) is 10.3. The number of aryl methyl sites for hydroxylation is 1. The molecule has 2 aromatic heterocycles. The molecule has 0 aliphatic carbocycles. The number of halogens is 1. The number of likely N-dealkylation sites (N-methyl/N-ethyl adjacent to an activating group) is 1. The minimum absolute atomic E-state index is 0.0566. The summed E-state index contributed by atoms with van der Waals surface area (Å²) in [6.45, 7) is 6.64. The summed E-state index contributed by atoms with van der Waals surface area (Å²) in [7, 11) is 0. The van der Waals surface area contributed by atoms with E-state index in [9.17, 15) is 9.18 Å². The maximum atomic E-state index is 13.0. The number of amides is 1. The van der Waals surface area contributed by atoms with Crippen molar-refractivity contribution in [1.29, 1.82) is 0 Å². The Labute approximate surface area is 173 Å². The van der Waals surface area contributed by atoms with E-state index < -0.39 is 0 Å². The van der Waals surface area contributed by atoms with Crippen molar-refractivity contribution in [2.24, 2.45) is 0 Å². The highest BCUT2D eigenvalue weighted by molar-refractivity contribution is 7.07. The van der Waals surface area contributed by atoms with E-state index in [4.69, 9.17) is 4.52 Å². The molecule has 1 atom stereocenters. The topological polar surface area (TPSA) is 71.3 Å². The zero-order chi connectivity index (χ0) is 20.6. The fraction of sp³-hybridized carbons (Fsp3) is 0.381. The summed E-state index contributed by atoms with van der Waals surface area (Å²) in [6, 6.07) is 8.14. The molecular weight excluding hydrogens is 391 g/mol. The second-order valence-electron chi connectivity index (χ2n) is 6.62. The molecule has 0 aliphatic heterocycles. The average molecular weight is 417 g/mol. The number of carbonyl (C=O) groups is 1. The summed E-state index contributed by atoms with van der Waals surface area (Å²) in [6.07, 6.45) is 0.619. The van der Waals surface area contributed by atoms with Crippen molar-refractivity contribution in [3.05, 3.63) is 58.4 Å². The summed E-state index contributed by atoms with van der Waals surface area (Å²) in [5, 5.41) is 11.1. The van der Waals surface area contributed by atoms with Gasteiger partial charge in [0.2, 0.25) is 17.6 Å². The third-order valence-corrected chi connectivity index (χ3v) is 5.51. The van der Waals surface area contributed by atoms with Crippen LogP contribution in [0.25, 0.3) is 11.4 Å². The van der Waals surface area contributed by atoms with E-state index in [1.54, 1.807) is 23.5 Å². The second-order valence-corrected chi connectivity index (χ2v) is 7.40. The van der Waals surface area contributed by atoms with Crippen LogP contribution in [0.5, 0.6) is 0 Å². The van der Waals surface area contributed by atoms with E-state index >= 15 is 0 Å². The number of carbonyl (C=O) groups excluding carboxylic acids is 1. The Morgan fingerprint density at radius 1 is 1.24 bits per heavy atom. The van der Waals surface area contributed by atoms with Gasteiger partial charge in [0.25, 0.3) is 0 Å². The van der Waals surface area contributed by atoms with Crippen LogP contribution < -0.4 is 5.32 Å². The summed E-state index contributed by atoms with van der Waals surface area (Å²) in [4.78, 5) is 19.0. The van der Waals surface area contributed by atoms with Gasteiger partial charge in [0.15, 0.2) is 0 Å². The first-order chi connectivity index (χ1) is 14.1. The van der Waals surface area contributed by atoms with Gasteiger partial charge < -0.3 is 9.84 Å². The van der Waals surface area contributed by atoms with Crippen LogP contribution in [-0.2, 0) is 11.2 Å². The number of benzene rings is 1. The van der Waals surface area contributed by atoms with Crippen molar-refractivity contribution in [3.8, 4) is 11.4 Å². The first kappa shape index (κ1) is 21.1. The summed E-state index contributed by atoms with van der Waals surface area (Å²) in [5.74, 6) is 0.399. The molecule has 8 heteroatoms. The lowest BCUT2D eigenvalue weighted by Gasteiger charge is -2.29. The van der Waals surface area contributed by atoms with Crippen LogP contribution in [0.4, 0.5) is 4.39 Å². The maximum absolute atomic E-state index is 13.0. The molecule has 0 fully saturated rings. The Morgan fingerprint density at radius 3 is 2.66 bits per heavy atom. The molecule has 2 heterocycles. The van der Waals surface area contributed by atoms with Crippen LogP contribution in [0.3, 0.4) is 0 Å². The number of nitrogens with zero attached hydrogens (tertiary/aromatic N) is 3. The SMILES string of the molecule is CCN(CC)C(CNC(=O)CCc1nc(-c2ccc(F)cc2)no1)c1ccsc1. The third kappa shape index (κ3) is 5.71. The van der Waals surface area contributed by atoms with Gasteiger partial charge in [-0.3, -0.25) is 9.69 Å². The molecule has 1 amide bonds. The molecule has 3 aromatic rings. The minimum atomic E-state index is -0.320. The van der Waals surface area contributed by atoms with Crippen molar-refractivity contribution in [3.63, 3.8) is 0 Å². The summed E-state index contributed by atoms with van der Waals surface area (Å²) < 4.78 is 18.2. The van der Waals surface area contributed by atoms with Crippen LogP contribution in [0, 0.1) is 5.82 Å². The van der Waals surface area contributed by atoms with Crippen LogP contribution >= 0.6 is 11.3 Å². The van der Waals surface area contributed by atoms with Gasteiger partial charge >= 0.3 is 0 Å². The lowest BCUT2D eigenvalue weighted by atomic mass is 10.1. The number of rotatable bonds is 10. The molecule has 1 unspecified atom stereocenters. The highest BCUT2D eigenvalue weighted by atomic mass is 32.1. The van der Waals surface area contributed by atoms with E-state index in [1.165, 1.54) is 17.7 Å². The highest BCUT2D eigenvalue weighted by Crippen LogP contribution is 2.22.